The SMILES string of the molecule is Cc1cc(C)cc(Cn2ccc(C(=O)C(C)C)c2)c1. The zero-order valence-electron chi connectivity index (χ0n) is 12.1. The second-order valence-electron chi connectivity index (χ2n) is 5.59. The Balaban J connectivity index is 2.18. The average Bonchev–Trinajstić information content (AvgIpc) is 2.74. The number of carbonyl (C=O) groups is 1. The molecule has 0 aliphatic rings. The van der Waals surface area contributed by atoms with Crippen molar-refractivity contribution >= 4 is 5.78 Å². The van der Waals surface area contributed by atoms with Crippen molar-refractivity contribution in [1.29, 1.82) is 0 Å². The van der Waals surface area contributed by atoms with E-state index in [0.717, 1.165) is 12.1 Å². The minimum atomic E-state index is 0.0528. The summed E-state index contributed by atoms with van der Waals surface area (Å²) in [6, 6.07) is 8.46. The molecule has 0 aliphatic carbocycles. The summed E-state index contributed by atoms with van der Waals surface area (Å²) in [7, 11) is 0. The molecule has 1 aromatic carbocycles. The van der Waals surface area contributed by atoms with Gasteiger partial charge in [0.25, 0.3) is 0 Å². The number of carbonyl (C=O) groups excluding carboxylic acids is 1. The fourth-order valence-corrected chi connectivity index (χ4v) is 2.39. The second-order valence-corrected chi connectivity index (χ2v) is 5.59. The number of hydrogen-bond donors (Lipinski definition) is 0. The van der Waals surface area contributed by atoms with Gasteiger partial charge >= 0.3 is 0 Å². The predicted octanol–water partition coefficient (Wildman–Crippen LogP) is 3.99. The lowest BCUT2D eigenvalue weighted by Gasteiger charge is -2.06. The van der Waals surface area contributed by atoms with Gasteiger partial charge in [0.1, 0.15) is 0 Å². The van der Waals surface area contributed by atoms with Crippen molar-refractivity contribution in [3.8, 4) is 0 Å². The van der Waals surface area contributed by atoms with Crippen LogP contribution in [0.15, 0.2) is 36.7 Å². The number of nitrogens with zero attached hydrogens (tertiary/aromatic N) is 1. The Hall–Kier alpha value is -1.83. The molecule has 2 rings (SSSR count). The lowest BCUT2D eigenvalue weighted by molar-refractivity contribution is 0.0939. The number of hydrogen-bond acceptors (Lipinski definition) is 1. The lowest BCUT2D eigenvalue weighted by Crippen LogP contribution is -2.06. The molecule has 0 fully saturated rings. The molecule has 1 heterocycles. The van der Waals surface area contributed by atoms with Crippen molar-refractivity contribution in [2.75, 3.05) is 0 Å². The zero-order chi connectivity index (χ0) is 14.0. The maximum absolute atomic E-state index is 11.9. The summed E-state index contributed by atoms with van der Waals surface area (Å²) in [5.74, 6) is 0.260. The van der Waals surface area contributed by atoms with Crippen LogP contribution in [-0.2, 0) is 6.54 Å². The van der Waals surface area contributed by atoms with Crippen molar-refractivity contribution in [3.63, 3.8) is 0 Å². The summed E-state index contributed by atoms with van der Waals surface area (Å²) in [6.45, 7) is 8.90. The van der Waals surface area contributed by atoms with Gasteiger partial charge in [-0.1, -0.05) is 43.2 Å². The molecule has 0 unspecified atom stereocenters. The topological polar surface area (TPSA) is 22.0 Å². The molecule has 19 heavy (non-hydrogen) atoms. The monoisotopic (exact) mass is 255 g/mol. The van der Waals surface area contributed by atoms with Gasteiger partial charge in [-0.2, -0.15) is 0 Å². The summed E-state index contributed by atoms with van der Waals surface area (Å²) >= 11 is 0. The number of Topliss-reactive ketones (excluding diaryl/α,β-unsaturated/α-hetero) is 1. The Labute approximate surface area is 115 Å². The Bertz CT molecular complexity index is 573. The van der Waals surface area contributed by atoms with Gasteiger partial charge in [0, 0.05) is 30.4 Å². The van der Waals surface area contributed by atoms with E-state index in [4.69, 9.17) is 0 Å². The van der Waals surface area contributed by atoms with Crippen LogP contribution < -0.4 is 0 Å². The van der Waals surface area contributed by atoms with E-state index in [1.54, 1.807) is 0 Å². The van der Waals surface area contributed by atoms with E-state index in [0.29, 0.717) is 0 Å². The van der Waals surface area contributed by atoms with Crippen molar-refractivity contribution in [2.45, 2.75) is 34.2 Å². The van der Waals surface area contributed by atoms with Crippen molar-refractivity contribution in [3.05, 3.63) is 58.9 Å². The molecule has 0 radical (unpaired) electrons. The van der Waals surface area contributed by atoms with E-state index in [1.165, 1.54) is 16.7 Å². The highest BCUT2D eigenvalue weighted by Gasteiger charge is 2.11. The molecule has 0 atom stereocenters. The van der Waals surface area contributed by atoms with Gasteiger partial charge in [0.05, 0.1) is 0 Å². The molecule has 2 nitrogen and oxygen atoms in total. The third-order valence-electron chi connectivity index (χ3n) is 3.21. The smallest absolute Gasteiger partial charge is 0.166 e. The molecular formula is C17H21NO. The third kappa shape index (κ3) is 3.34. The number of ketones is 1. The van der Waals surface area contributed by atoms with Gasteiger partial charge in [0.15, 0.2) is 5.78 Å². The summed E-state index contributed by atoms with van der Waals surface area (Å²) in [4.78, 5) is 11.9. The minimum absolute atomic E-state index is 0.0528. The number of rotatable bonds is 4. The molecule has 100 valence electrons. The highest BCUT2D eigenvalue weighted by Crippen LogP contribution is 2.13. The number of benzene rings is 1. The van der Waals surface area contributed by atoms with Gasteiger partial charge < -0.3 is 4.57 Å². The first-order valence-electron chi connectivity index (χ1n) is 6.73. The molecule has 2 heteroatoms. The first-order chi connectivity index (χ1) is 8.95. The molecule has 2 aromatic rings. The molecule has 0 spiro atoms. The maximum Gasteiger partial charge on any atom is 0.166 e. The van der Waals surface area contributed by atoms with Crippen molar-refractivity contribution in [2.24, 2.45) is 5.92 Å². The van der Waals surface area contributed by atoms with E-state index in [1.807, 2.05) is 32.3 Å². The molecule has 0 saturated carbocycles. The molecule has 0 bridgehead atoms. The lowest BCUT2D eigenvalue weighted by atomic mass is 10.0. The quantitative estimate of drug-likeness (QED) is 0.757. The van der Waals surface area contributed by atoms with Crippen LogP contribution in [0.3, 0.4) is 0 Å². The highest BCUT2D eigenvalue weighted by atomic mass is 16.1. The summed E-state index contributed by atoms with van der Waals surface area (Å²) in [6.07, 6.45) is 3.92. The van der Waals surface area contributed by atoms with Crippen LogP contribution in [0.25, 0.3) is 0 Å². The van der Waals surface area contributed by atoms with Crippen LogP contribution in [0.5, 0.6) is 0 Å². The molecule has 0 amide bonds. The van der Waals surface area contributed by atoms with Gasteiger partial charge in [-0.05, 0) is 25.5 Å². The third-order valence-corrected chi connectivity index (χ3v) is 3.21. The summed E-state index contributed by atoms with van der Waals surface area (Å²) in [5, 5.41) is 0. The van der Waals surface area contributed by atoms with Gasteiger partial charge in [-0.15, -0.1) is 0 Å². The predicted molar refractivity (Wildman–Crippen MR) is 78.6 cm³/mol. The largest absolute Gasteiger partial charge is 0.349 e. The highest BCUT2D eigenvalue weighted by molar-refractivity contribution is 5.97. The van der Waals surface area contributed by atoms with Crippen LogP contribution in [-0.4, -0.2) is 10.4 Å². The Morgan fingerprint density at radius 2 is 1.79 bits per heavy atom. The van der Waals surface area contributed by atoms with Crippen LogP contribution >= 0.6 is 0 Å². The first-order valence-corrected chi connectivity index (χ1v) is 6.73. The van der Waals surface area contributed by atoms with Crippen LogP contribution in [0.1, 0.15) is 40.9 Å². The van der Waals surface area contributed by atoms with Gasteiger partial charge in [-0.3, -0.25) is 4.79 Å². The summed E-state index contributed by atoms with van der Waals surface area (Å²) < 4.78 is 2.07. The second kappa shape index (κ2) is 5.43. The van der Waals surface area contributed by atoms with Gasteiger partial charge in [-0.25, -0.2) is 0 Å². The fourth-order valence-electron chi connectivity index (χ4n) is 2.39. The minimum Gasteiger partial charge on any atom is -0.349 e. The Morgan fingerprint density at radius 1 is 1.16 bits per heavy atom. The van der Waals surface area contributed by atoms with E-state index < -0.39 is 0 Å². The number of aryl methyl sites for hydroxylation is 2. The average molecular weight is 255 g/mol. The van der Waals surface area contributed by atoms with Crippen molar-refractivity contribution in [1.82, 2.24) is 4.57 Å². The van der Waals surface area contributed by atoms with E-state index >= 15 is 0 Å². The Kier molecular flexibility index (Phi) is 3.89. The molecule has 0 aliphatic heterocycles. The first kappa shape index (κ1) is 13.6. The van der Waals surface area contributed by atoms with Crippen LogP contribution in [0.4, 0.5) is 0 Å². The van der Waals surface area contributed by atoms with E-state index in [-0.39, 0.29) is 11.7 Å². The fraction of sp³-hybridized carbons (Fsp3) is 0.353. The normalized spacial score (nSPS) is 11.0. The maximum atomic E-state index is 11.9. The molecule has 0 saturated heterocycles. The molecular weight excluding hydrogens is 234 g/mol. The van der Waals surface area contributed by atoms with E-state index in [2.05, 4.69) is 36.6 Å². The molecule has 1 aromatic heterocycles. The van der Waals surface area contributed by atoms with Crippen molar-refractivity contribution < 1.29 is 4.79 Å². The standard InChI is InChI=1S/C17H21NO/c1-12(2)17(19)16-5-6-18(11-16)10-15-8-13(3)7-14(4)9-15/h5-9,11-12H,10H2,1-4H3. The van der Waals surface area contributed by atoms with Gasteiger partial charge in [0.2, 0.25) is 0 Å². The zero-order valence-corrected chi connectivity index (χ0v) is 12.1. The van der Waals surface area contributed by atoms with Crippen LogP contribution in [0, 0.1) is 19.8 Å². The van der Waals surface area contributed by atoms with E-state index in [9.17, 15) is 4.79 Å². The number of aromatic nitrogens is 1. The van der Waals surface area contributed by atoms with Crippen LogP contribution in [0.2, 0.25) is 0 Å². The summed E-state index contributed by atoms with van der Waals surface area (Å²) in [5.41, 5.74) is 4.64. The molecule has 0 N–H and O–H groups in total. The Morgan fingerprint density at radius 3 is 2.37 bits per heavy atom.